The van der Waals surface area contributed by atoms with Gasteiger partial charge in [-0.15, -0.1) is 0 Å². The third-order valence-electron chi connectivity index (χ3n) is 6.04. The number of hydrogen-bond acceptors (Lipinski definition) is 6. The summed E-state index contributed by atoms with van der Waals surface area (Å²) in [5.41, 5.74) is 5.64. The van der Waals surface area contributed by atoms with Crippen molar-refractivity contribution in [2.24, 2.45) is 5.10 Å². The maximum Gasteiger partial charge on any atom is 0.343 e. The van der Waals surface area contributed by atoms with Gasteiger partial charge in [0.05, 0.1) is 22.4 Å². The van der Waals surface area contributed by atoms with E-state index in [2.05, 4.69) is 10.5 Å². The van der Waals surface area contributed by atoms with Crippen molar-refractivity contribution in [2.75, 3.05) is 10.8 Å². The first kappa shape index (κ1) is 28.3. The van der Waals surface area contributed by atoms with Crippen LogP contribution in [-0.2, 0) is 21.2 Å². The zero-order valence-electron chi connectivity index (χ0n) is 22.2. The Kier molecular flexibility index (Phi) is 9.08. The summed E-state index contributed by atoms with van der Waals surface area (Å²) in [7, 11) is -4.03. The fourth-order valence-electron chi connectivity index (χ4n) is 3.90. The molecule has 1 amide bonds. The van der Waals surface area contributed by atoms with E-state index < -0.39 is 28.4 Å². The normalized spacial score (nSPS) is 11.2. The van der Waals surface area contributed by atoms with Gasteiger partial charge in [-0.05, 0) is 79.1 Å². The molecule has 4 aromatic rings. The largest absolute Gasteiger partial charge is 0.423 e. The Morgan fingerprint density at radius 1 is 0.875 bits per heavy atom. The molecule has 0 heterocycles. The summed E-state index contributed by atoms with van der Waals surface area (Å²) >= 11 is 0. The first-order valence-corrected chi connectivity index (χ1v) is 14.1. The van der Waals surface area contributed by atoms with Crippen LogP contribution < -0.4 is 14.5 Å². The minimum absolute atomic E-state index is 0.0911. The van der Waals surface area contributed by atoms with E-state index in [-0.39, 0.29) is 4.90 Å². The number of hydrogen-bond donors (Lipinski definition) is 1. The molecular weight excluding hydrogens is 526 g/mol. The van der Waals surface area contributed by atoms with E-state index in [0.29, 0.717) is 29.0 Å². The molecular formula is C31H29N3O5S. The molecule has 0 atom stereocenters. The van der Waals surface area contributed by atoms with Crippen LogP contribution in [0.15, 0.2) is 113 Å². The maximum atomic E-state index is 13.6. The maximum absolute atomic E-state index is 13.6. The summed E-state index contributed by atoms with van der Waals surface area (Å²) in [6.45, 7) is 3.34. The zero-order valence-corrected chi connectivity index (χ0v) is 23.0. The number of hydrazone groups is 1. The van der Waals surface area contributed by atoms with Crippen LogP contribution in [0.4, 0.5) is 5.69 Å². The van der Waals surface area contributed by atoms with Crippen molar-refractivity contribution in [3.05, 3.63) is 125 Å². The number of amides is 1. The predicted molar refractivity (Wildman–Crippen MR) is 155 cm³/mol. The number of carbonyl (C=O) groups is 2. The number of nitrogens with one attached hydrogen (secondary N) is 1. The Balaban J connectivity index is 1.45. The van der Waals surface area contributed by atoms with Crippen LogP contribution in [0.1, 0.15) is 34.0 Å². The fourth-order valence-corrected chi connectivity index (χ4v) is 5.36. The smallest absolute Gasteiger partial charge is 0.343 e. The van der Waals surface area contributed by atoms with Gasteiger partial charge in [0.25, 0.3) is 15.9 Å². The third-order valence-corrected chi connectivity index (χ3v) is 7.81. The average Bonchev–Trinajstić information content (AvgIpc) is 2.97. The number of ether oxygens (including phenoxy) is 1. The second-order valence-electron chi connectivity index (χ2n) is 8.92. The lowest BCUT2D eigenvalue weighted by molar-refractivity contribution is -0.119. The number of esters is 1. The molecule has 0 unspecified atom stereocenters. The van der Waals surface area contributed by atoms with Gasteiger partial charge in [0.2, 0.25) is 0 Å². The van der Waals surface area contributed by atoms with Crippen LogP contribution in [0.25, 0.3) is 0 Å². The predicted octanol–water partition coefficient (Wildman–Crippen LogP) is 5.12. The summed E-state index contributed by atoms with van der Waals surface area (Å²) in [5, 5.41) is 3.98. The molecule has 204 valence electrons. The minimum atomic E-state index is -4.03. The number of anilines is 1. The molecule has 0 fully saturated rings. The number of nitrogens with zero attached hydrogens (tertiary/aromatic N) is 2. The minimum Gasteiger partial charge on any atom is -0.423 e. The lowest BCUT2D eigenvalue weighted by Crippen LogP contribution is -2.40. The van der Waals surface area contributed by atoms with Crippen molar-refractivity contribution >= 4 is 33.8 Å². The SMILES string of the molecule is CCc1ccccc1N(CC(=O)N/N=C\c1ccc(OC(=O)c2ccccc2)cc1)S(=O)(=O)c1ccc(C)cc1. The number of carbonyl (C=O) groups excluding carboxylic acids is 2. The van der Waals surface area contributed by atoms with Crippen LogP contribution in [0.3, 0.4) is 0 Å². The van der Waals surface area contributed by atoms with Crippen molar-refractivity contribution in [3.63, 3.8) is 0 Å². The Morgan fingerprint density at radius 3 is 2.20 bits per heavy atom. The molecule has 0 aliphatic carbocycles. The highest BCUT2D eigenvalue weighted by atomic mass is 32.2. The number of aryl methyl sites for hydroxylation is 2. The third kappa shape index (κ3) is 7.00. The van der Waals surface area contributed by atoms with E-state index >= 15 is 0 Å². The summed E-state index contributed by atoms with van der Waals surface area (Å²) in [6, 6.07) is 28.8. The van der Waals surface area contributed by atoms with Gasteiger partial charge in [0.15, 0.2) is 0 Å². The van der Waals surface area contributed by atoms with Crippen LogP contribution in [0.5, 0.6) is 5.75 Å². The van der Waals surface area contributed by atoms with Crippen molar-refractivity contribution in [1.82, 2.24) is 5.43 Å². The first-order chi connectivity index (χ1) is 19.3. The topological polar surface area (TPSA) is 105 Å². The zero-order chi connectivity index (χ0) is 28.5. The number of sulfonamides is 1. The molecule has 0 aromatic heterocycles. The summed E-state index contributed by atoms with van der Waals surface area (Å²) in [5.74, 6) is -0.711. The van der Waals surface area contributed by atoms with Gasteiger partial charge in [-0.1, -0.05) is 61.0 Å². The van der Waals surface area contributed by atoms with E-state index in [9.17, 15) is 18.0 Å². The van der Waals surface area contributed by atoms with Crippen molar-refractivity contribution in [3.8, 4) is 5.75 Å². The number of para-hydroxylation sites is 1. The molecule has 0 radical (unpaired) electrons. The van der Waals surface area contributed by atoms with Gasteiger partial charge in [-0.2, -0.15) is 5.10 Å². The van der Waals surface area contributed by atoms with Crippen LogP contribution >= 0.6 is 0 Å². The molecule has 0 aliphatic heterocycles. The fraction of sp³-hybridized carbons (Fsp3) is 0.129. The van der Waals surface area contributed by atoms with E-state index in [4.69, 9.17) is 4.74 Å². The molecule has 4 rings (SSSR count). The van der Waals surface area contributed by atoms with E-state index in [0.717, 1.165) is 15.4 Å². The molecule has 0 saturated heterocycles. The average molecular weight is 556 g/mol. The van der Waals surface area contributed by atoms with Gasteiger partial charge < -0.3 is 4.74 Å². The number of rotatable bonds is 10. The standard InChI is InChI=1S/C31H29N3O5S/c1-3-25-9-7-8-12-29(25)34(40(37,38)28-19-13-23(2)14-20-28)22-30(35)33-32-21-24-15-17-27(18-16-24)39-31(36)26-10-5-4-6-11-26/h4-21H,3,22H2,1-2H3,(H,33,35)/b32-21-. The Hall–Kier alpha value is -4.76. The molecule has 4 aromatic carbocycles. The molecule has 8 nitrogen and oxygen atoms in total. The van der Waals surface area contributed by atoms with E-state index in [1.54, 1.807) is 72.8 Å². The van der Waals surface area contributed by atoms with Crippen LogP contribution in [0.2, 0.25) is 0 Å². The lowest BCUT2D eigenvalue weighted by atomic mass is 10.1. The Bertz CT molecular complexity index is 1600. The second-order valence-corrected chi connectivity index (χ2v) is 10.8. The second kappa shape index (κ2) is 12.9. The number of benzene rings is 4. The summed E-state index contributed by atoms with van der Waals surface area (Å²) < 4.78 is 33.7. The summed E-state index contributed by atoms with van der Waals surface area (Å²) in [4.78, 5) is 25.2. The molecule has 1 N–H and O–H groups in total. The van der Waals surface area contributed by atoms with Crippen LogP contribution in [-0.4, -0.2) is 33.1 Å². The van der Waals surface area contributed by atoms with E-state index in [1.165, 1.54) is 18.3 Å². The van der Waals surface area contributed by atoms with Crippen molar-refractivity contribution < 1.29 is 22.7 Å². The highest BCUT2D eigenvalue weighted by Gasteiger charge is 2.28. The molecule has 40 heavy (non-hydrogen) atoms. The highest BCUT2D eigenvalue weighted by molar-refractivity contribution is 7.92. The Labute approximate surface area is 234 Å². The van der Waals surface area contributed by atoms with Crippen molar-refractivity contribution in [1.29, 1.82) is 0 Å². The van der Waals surface area contributed by atoms with Gasteiger partial charge in [0, 0.05) is 0 Å². The monoisotopic (exact) mass is 555 g/mol. The highest BCUT2D eigenvalue weighted by Crippen LogP contribution is 2.27. The van der Waals surface area contributed by atoms with Gasteiger partial charge in [-0.3, -0.25) is 9.10 Å². The Morgan fingerprint density at radius 2 is 1.52 bits per heavy atom. The molecule has 9 heteroatoms. The van der Waals surface area contributed by atoms with Crippen molar-refractivity contribution in [2.45, 2.75) is 25.2 Å². The first-order valence-electron chi connectivity index (χ1n) is 12.6. The van der Waals surface area contributed by atoms with Gasteiger partial charge >= 0.3 is 5.97 Å². The van der Waals surface area contributed by atoms with E-state index in [1.807, 2.05) is 32.0 Å². The molecule has 0 bridgehead atoms. The molecule has 0 spiro atoms. The molecule has 0 aliphatic rings. The lowest BCUT2D eigenvalue weighted by Gasteiger charge is -2.25. The quantitative estimate of drug-likeness (QED) is 0.127. The van der Waals surface area contributed by atoms with Gasteiger partial charge in [0.1, 0.15) is 12.3 Å². The van der Waals surface area contributed by atoms with Gasteiger partial charge in [-0.25, -0.2) is 18.6 Å². The van der Waals surface area contributed by atoms with Crippen LogP contribution in [0, 0.1) is 6.92 Å². The molecule has 0 saturated carbocycles. The summed E-state index contributed by atoms with van der Waals surface area (Å²) in [6.07, 6.45) is 2.01.